The summed E-state index contributed by atoms with van der Waals surface area (Å²) in [6.07, 6.45) is 0. The van der Waals surface area contributed by atoms with Crippen LogP contribution in [0.2, 0.25) is 0 Å². The highest BCUT2D eigenvalue weighted by molar-refractivity contribution is 5.86. The molecule has 82 valence electrons. The molecule has 1 rings (SSSR count). The molecular formula is C11H15FN2O. The highest BCUT2D eigenvalue weighted by Crippen LogP contribution is 2.26. The summed E-state index contributed by atoms with van der Waals surface area (Å²) in [6.45, 7) is 3.30. The van der Waals surface area contributed by atoms with Crippen LogP contribution in [0.3, 0.4) is 0 Å². The van der Waals surface area contributed by atoms with Crippen molar-refractivity contribution < 1.29 is 9.18 Å². The van der Waals surface area contributed by atoms with Crippen LogP contribution in [0.25, 0.3) is 0 Å². The number of benzene rings is 1. The van der Waals surface area contributed by atoms with Gasteiger partial charge < -0.3 is 0 Å². The van der Waals surface area contributed by atoms with Crippen LogP contribution in [0.15, 0.2) is 24.3 Å². The maximum atomic E-state index is 13.5. The third-order valence-electron chi connectivity index (χ3n) is 2.40. The van der Waals surface area contributed by atoms with Gasteiger partial charge in [-0.05, 0) is 19.9 Å². The Labute approximate surface area is 88.7 Å². The lowest BCUT2D eigenvalue weighted by molar-refractivity contribution is -0.135. The highest BCUT2D eigenvalue weighted by Gasteiger charge is 2.33. The Hall–Kier alpha value is -1.42. The highest BCUT2D eigenvalue weighted by atomic mass is 19.1. The summed E-state index contributed by atoms with van der Waals surface area (Å²) in [4.78, 5) is 11.8. The summed E-state index contributed by atoms with van der Waals surface area (Å²) in [7, 11) is 1.45. The molecule has 0 unspecified atom stereocenters. The molecule has 0 bridgehead atoms. The van der Waals surface area contributed by atoms with Crippen molar-refractivity contribution in [3.8, 4) is 0 Å². The van der Waals surface area contributed by atoms with Crippen LogP contribution in [0.1, 0.15) is 19.4 Å². The molecule has 0 aliphatic heterocycles. The lowest BCUT2D eigenvalue weighted by Gasteiger charge is -2.27. The molecule has 0 radical (unpaired) electrons. The molecule has 0 spiro atoms. The van der Waals surface area contributed by atoms with Crippen molar-refractivity contribution >= 4 is 5.91 Å². The Bertz CT molecular complexity index is 375. The first-order chi connectivity index (χ1) is 6.87. The van der Waals surface area contributed by atoms with Crippen molar-refractivity contribution in [1.29, 1.82) is 0 Å². The van der Waals surface area contributed by atoms with E-state index in [2.05, 4.69) is 0 Å². The number of hydrogen-bond acceptors (Lipinski definition) is 2. The van der Waals surface area contributed by atoms with Gasteiger partial charge in [-0.15, -0.1) is 0 Å². The summed E-state index contributed by atoms with van der Waals surface area (Å²) in [6, 6.07) is 6.22. The molecule has 0 aliphatic carbocycles. The monoisotopic (exact) mass is 210 g/mol. The molecule has 1 amide bonds. The van der Waals surface area contributed by atoms with E-state index in [1.807, 2.05) is 0 Å². The second kappa shape index (κ2) is 3.98. The van der Waals surface area contributed by atoms with Gasteiger partial charge in [0.2, 0.25) is 5.91 Å². The van der Waals surface area contributed by atoms with Crippen LogP contribution >= 0.6 is 0 Å². The summed E-state index contributed by atoms with van der Waals surface area (Å²) < 4.78 is 13.5. The van der Waals surface area contributed by atoms with Gasteiger partial charge in [-0.3, -0.25) is 9.80 Å². The zero-order valence-electron chi connectivity index (χ0n) is 9.12. The Morgan fingerprint density at radius 1 is 1.40 bits per heavy atom. The average molecular weight is 210 g/mol. The summed E-state index contributed by atoms with van der Waals surface area (Å²) >= 11 is 0. The van der Waals surface area contributed by atoms with E-state index in [1.54, 1.807) is 32.0 Å². The zero-order chi connectivity index (χ0) is 11.6. The molecule has 0 aliphatic rings. The zero-order valence-corrected chi connectivity index (χ0v) is 9.12. The van der Waals surface area contributed by atoms with E-state index in [0.29, 0.717) is 5.56 Å². The number of nitrogens with two attached hydrogens (primary N) is 1. The molecule has 15 heavy (non-hydrogen) atoms. The van der Waals surface area contributed by atoms with Crippen molar-refractivity contribution in [3.63, 3.8) is 0 Å². The predicted octanol–water partition coefficient (Wildman–Crippen LogP) is 1.44. The van der Waals surface area contributed by atoms with Gasteiger partial charge in [0.15, 0.2) is 0 Å². The van der Waals surface area contributed by atoms with E-state index >= 15 is 0 Å². The Morgan fingerprint density at radius 3 is 2.40 bits per heavy atom. The summed E-state index contributed by atoms with van der Waals surface area (Å²) in [5, 5.41) is 0.979. The summed E-state index contributed by atoms with van der Waals surface area (Å²) in [5.41, 5.74) is -0.596. The fourth-order valence-electron chi connectivity index (χ4n) is 1.52. The fraction of sp³-hybridized carbons (Fsp3) is 0.364. The SMILES string of the molecule is CN(N)C(=O)C(C)(C)c1ccccc1F. The quantitative estimate of drug-likeness (QED) is 0.456. The minimum absolute atomic E-state index is 0.326. The molecule has 1 aromatic rings. The van der Waals surface area contributed by atoms with E-state index in [-0.39, 0.29) is 5.91 Å². The van der Waals surface area contributed by atoms with E-state index in [9.17, 15) is 9.18 Å². The number of amides is 1. The fourth-order valence-corrected chi connectivity index (χ4v) is 1.52. The van der Waals surface area contributed by atoms with Gasteiger partial charge in [-0.1, -0.05) is 18.2 Å². The lowest BCUT2D eigenvalue weighted by Crippen LogP contribution is -2.45. The van der Waals surface area contributed by atoms with Crippen LogP contribution in [0.5, 0.6) is 0 Å². The van der Waals surface area contributed by atoms with E-state index in [4.69, 9.17) is 5.84 Å². The molecule has 3 nitrogen and oxygen atoms in total. The van der Waals surface area contributed by atoms with E-state index in [0.717, 1.165) is 5.01 Å². The average Bonchev–Trinajstić information content (AvgIpc) is 2.16. The number of carbonyl (C=O) groups is 1. The topological polar surface area (TPSA) is 46.3 Å². The molecule has 2 N–H and O–H groups in total. The van der Waals surface area contributed by atoms with Crippen molar-refractivity contribution in [2.24, 2.45) is 5.84 Å². The van der Waals surface area contributed by atoms with E-state index in [1.165, 1.54) is 13.1 Å². The molecule has 0 fully saturated rings. The number of nitrogens with zero attached hydrogens (tertiary/aromatic N) is 1. The minimum atomic E-state index is -0.950. The molecule has 0 heterocycles. The van der Waals surface area contributed by atoms with Crippen LogP contribution in [0.4, 0.5) is 4.39 Å². The second-order valence-corrected chi connectivity index (χ2v) is 4.02. The maximum absolute atomic E-state index is 13.5. The van der Waals surface area contributed by atoms with E-state index < -0.39 is 11.2 Å². The van der Waals surface area contributed by atoms with Gasteiger partial charge in [-0.2, -0.15) is 0 Å². The van der Waals surface area contributed by atoms with Crippen LogP contribution in [-0.4, -0.2) is 18.0 Å². The molecule has 0 saturated carbocycles. The smallest absolute Gasteiger partial charge is 0.246 e. The normalized spacial score (nSPS) is 11.3. The largest absolute Gasteiger partial charge is 0.283 e. The van der Waals surface area contributed by atoms with Crippen molar-refractivity contribution in [2.45, 2.75) is 19.3 Å². The standard InChI is InChI=1S/C11H15FN2O/c1-11(2,10(15)14(3)13)8-6-4-5-7-9(8)12/h4-7H,13H2,1-3H3. The van der Waals surface area contributed by atoms with Gasteiger partial charge in [0, 0.05) is 12.6 Å². The first-order valence-corrected chi connectivity index (χ1v) is 4.65. The maximum Gasteiger partial charge on any atom is 0.246 e. The third kappa shape index (κ3) is 2.15. The molecule has 0 aromatic heterocycles. The number of hydrogen-bond donors (Lipinski definition) is 1. The number of carbonyl (C=O) groups excluding carboxylic acids is 1. The predicted molar refractivity (Wildman–Crippen MR) is 56.4 cm³/mol. The Kier molecular flexibility index (Phi) is 3.09. The van der Waals surface area contributed by atoms with Crippen molar-refractivity contribution in [2.75, 3.05) is 7.05 Å². The molecular weight excluding hydrogens is 195 g/mol. The number of halogens is 1. The van der Waals surface area contributed by atoms with Crippen LogP contribution in [0, 0.1) is 5.82 Å². The summed E-state index contributed by atoms with van der Waals surface area (Å²) in [5.74, 6) is 4.65. The van der Waals surface area contributed by atoms with Crippen LogP contribution < -0.4 is 5.84 Å². The first-order valence-electron chi connectivity index (χ1n) is 4.65. The molecule has 4 heteroatoms. The van der Waals surface area contributed by atoms with Crippen molar-refractivity contribution in [3.05, 3.63) is 35.6 Å². The number of hydrazine groups is 1. The van der Waals surface area contributed by atoms with Crippen LogP contribution in [-0.2, 0) is 10.2 Å². The lowest BCUT2D eigenvalue weighted by atomic mass is 9.83. The molecule has 0 saturated heterocycles. The molecule has 0 atom stereocenters. The van der Waals surface area contributed by atoms with Gasteiger partial charge in [0.05, 0.1) is 5.41 Å². The van der Waals surface area contributed by atoms with Gasteiger partial charge >= 0.3 is 0 Å². The molecule has 1 aromatic carbocycles. The van der Waals surface area contributed by atoms with Crippen molar-refractivity contribution in [1.82, 2.24) is 5.01 Å². The van der Waals surface area contributed by atoms with Gasteiger partial charge in [0.1, 0.15) is 5.82 Å². The first kappa shape index (κ1) is 11.7. The minimum Gasteiger partial charge on any atom is -0.283 e. The second-order valence-electron chi connectivity index (χ2n) is 4.02. The Morgan fingerprint density at radius 2 is 1.93 bits per heavy atom. The van der Waals surface area contributed by atoms with Gasteiger partial charge in [0.25, 0.3) is 0 Å². The Balaban J connectivity index is 3.17. The third-order valence-corrected chi connectivity index (χ3v) is 2.40. The number of rotatable bonds is 2. The number of likely N-dealkylation sites (N-methyl/N-ethyl adjacent to an activating group) is 1. The van der Waals surface area contributed by atoms with Gasteiger partial charge in [-0.25, -0.2) is 10.2 Å².